The Bertz CT molecular complexity index is 892. The molecule has 7 heteroatoms. The van der Waals surface area contributed by atoms with E-state index in [-0.39, 0.29) is 0 Å². The first-order valence-corrected chi connectivity index (χ1v) is 10.2. The maximum absolute atomic E-state index is 4.41. The van der Waals surface area contributed by atoms with Crippen LogP contribution < -0.4 is 15.8 Å². The number of hydrazine groups is 1. The van der Waals surface area contributed by atoms with Gasteiger partial charge >= 0.3 is 0 Å². The molecule has 148 valence electrons. The highest BCUT2D eigenvalue weighted by Crippen LogP contribution is 2.24. The van der Waals surface area contributed by atoms with E-state index in [0.717, 1.165) is 30.9 Å². The lowest BCUT2D eigenvalue weighted by Crippen LogP contribution is -2.30. The van der Waals surface area contributed by atoms with Gasteiger partial charge in [-0.15, -0.1) is 0 Å². The molecule has 0 saturated carbocycles. The molecule has 1 saturated heterocycles. The number of aromatic nitrogens is 4. The molecule has 3 aromatic rings. The molecule has 0 amide bonds. The third-order valence-corrected chi connectivity index (χ3v) is 5.48. The van der Waals surface area contributed by atoms with Gasteiger partial charge in [0.15, 0.2) is 0 Å². The van der Waals surface area contributed by atoms with Crippen molar-refractivity contribution in [1.29, 1.82) is 0 Å². The third kappa shape index (κ3) is 4.31. The first-order chi connectivity index (χ1) is 13.7. The summed E-state index contributed by atoms with van der Waals surface area (Å²) in [7, 11) is 2.11. The van der Waals surface area contributed by atoms with Crippen LogP contribution in [0.2, 0.25) is 0 Å². The van der Waals surface area contributed by atoms with Gasteiger partial charge in [0.2, 0.25) is 0 Å². The molecule has 28 heavy (non-hydrogen) atoms. The molecule has 0 spiro atoms. The average Bonchev–Trinajstić information content (AvgIpc) is 3.37. The first kappa shape index (κ1) is 18.8. The van der Waals surface area contributed by atoms with Gasteiger partial charge in [0.1, 0.15) is 12.1 Å². The molecule has 1 aromatic carbocycles. The number of nitrogens with zero attached hydrogens (tertiary/aromatic N) is 5. The van der Waals surface area contributed by atoms with E-state index in [4.69, 9.17) is 0 Å². The van der Waals surface area contributed by atoms with E-state index < -0.39 is 0 Å². The Balaban J connectivity index is 1.19. The zero-order chi connectivity index (χ0) is 19.3. The Labute approximate surface area is 166 Å². The van der Waals surface area contributed by atoms with Crippen LogP contribution in [0, 0.1) is 6.92 Å². The number of unbranched alkanes of at least 4 members (excludes halogenated alkanes) is 2. The van der Waals surface area contributed by atoms with Gasteiger partial charge in [-0.2, -0.15) is 14.6 Å². The summed E-state index contributed by atoms with van der Waals surface area (Å²) in [6, 6.07) is 13.7. The summed E-state index contributed by atoms with van der Waals surface area (Å²) < 4.78 is 1.81. The second-order valence-corrected chi connectivity index (χ2v) is 7.68. The SMILES string of the molecule is Cc1cc(N(C)CCCCCC2CC(c3ccccc3)NN2)n2ncnc2n1. The number of rotatable bonds is 8. The van der Waals surface area contributed by atoms with E-state index in [1.807, 2.05) is 11.4 Å². The second-order valence-electron chi connectivity index (χ2n) is 7.68. The molecule has 2 unspecified atom stereocenters. The number of aryl methyl sites for hydroxylation is 1. The van der Waals surface area contributed by atoms with Crippen LogP contribution >= 0.6 is 0 Å². The van der Waals surface area contributed by atoms with Crippen LogP contribution in [-0.2, 0) is 0 Å². The normalized spacial score (nSPS) is 19.4. The highest BCUT2D eigenvalue weighted by molar-refractivity contribution is 5.46. The van der Waals surface area contributed by atoms with Gasteiger partial charge in [-0.3, -0.25) is 10.9 Å². The second kappa shape index (κ2) is 8.67. The monoisotopic (exact) mass is 379 g/mol. The fourth-order valence-electron chi connectivity index (χ4n) is 3.93. The average molecular weight is 380 g/mol. The maximum atomic E-state index is 4.41. The molecule has 1 aliphatic rings. The van der Waals surface area contributed by atoms with E-state index in [0.29, 0.717) is 17.9 Å². The Morgan fingerprint density at radius 1 is 1.14 bits per heavy atom. The highest BCUT2D eigenvalue weighted by Gasteiger charge is 2.24. The van der Waals surface area contributed by atoms with Crippen molar-refractivity contribution in [3.63, 3.8) is 0 Å². The number of fused-ring (bicyclic) bond motifs is 1. The van der Waals surface area contributed by atoms with Gasteiger partial charge in [0, 0.05) is 37.4 Å². The third-order valence-electron chi connectivity index (χ3n) is 5.48. The number of benzene rings is 1. The lowest BCUT2D eigenvalue weighted by Gasteiger charge is -2.20. The number of nitrogens with one attached hydrogen (secondary N) is 2. The Kier molecular flexibility index (Phi) is 5.83. The molecule has 1 fully saturated rings. The quantitative estimate of drug-likeness (QED) is 0.586. The predicted octanol–water partition coefficient (Wildman–Crippen LogP) is 3.04. The summed E-state index contributed by atoms with van der Waals surface area (Å²) >= 11 is 0. The van der Waals surface area contributed by atoms with Crippen LogP contribution in [0.4, 0.5) is 5.82 Å². The molecule has 2 N–H and O–H groups in total. The summed E-state index contributed by atoms with van der Waals surface area (Å²) in [5, 5.41) is 4.30. The van der Waals surface area contributed by atoms with Gasteiger partial charge in [-0.05, 0) is 31.7 Å². The van der Waals surface area contributed by atoms with Crippen molar-refractivity contribution in [1.82, 2.24) is 30.4 Å². The number of anilines is 1. The first-order valence-electron chi connectivity index (χ1n) is 10.2. The summed E-state index contributed by atoms with van der Waals surface area (Å²) in [4.78, 5) is 10.9. The van der Waals surface area contributed by atoms with E-state index in [2.05, 4.69) is 74.3 Å². The molecule has 2 atom stereocenters. The van der Waals surface area contributed by atoms with Crippen LogP contribution in [0.3, 0.4) is 0 Å². The standard InChI is InChI=1S/C21H29N7/c1-16-13-20(28-21(24-16)22-15-23-28)27(2)12-8-4-7-11-18-14-19(26-25-18)17-9-5-3-6-10-17/h3,5-6,9-10,13,15,18-19,25-26H,4,7-8,11-12,14H2,1-2H3. The lowest BCUT2D eigenvalue weighted by molar-refractivity contribution is 0.488. The molecular weight excluding hydrogens is 350 g/mol. The van der Waals surface area contributed by atoms with Gasteiger partial charge < -0.3 is 4.90 Å². The summed E-state index contributed by atoms with van der Waals surface area (Å²) in [5.41, 5.74) is 9.25. The Morgan fingerprint density at radius 2 is 2.00 bits per heavy atom. The predicted molar refractivity (Wildman–Crippen MR) is 111 cm³/mol. The van der Waals surface area contributed by atoms with Crippen LogP contribution in [0.1, 0.15) is 49.4 Å². The van der Waals surface area contributed by atoms with Crippen molar-refractivity contribution >= 4 is 11.6 Å². The maximum Gasteiger partial charge on any atom is 0.254 e. The van der Waals surface area contributed by atoms with E-state index in [1.165, 1.54) is 24.8 Å². The van der Waals surface area contributed by atoms with Crippen molar-refractivity contribution in [2.75, 3.05) is 18.5 Å². The molecule has 4 rings (SSSR count). The largest absolute Gasteiger partial charge is 0.359 e. The van der Waals surface area contributed by atoms with Crippen molar-refractivity contribution < 1.29 is 0 Å². The Morgan fingerprint density at radius 3 is 2.86 bits per heavy atom. The van der Waals surface area contributed by atoms with Crippen molar-refractivity contribution in [3.05, 3.63) is 54.0 Å². The minimum absolute atomic E-state index is 0.428. The fourth-order valence-corrected chi connectivity index (χ4v) is 3.93. The van der Waals surface area contributed by atoms with Crippen LogP contribution in [0.25, 0.3) is 5.78 Å². The molecule has 3 heterocycles. The minimum Gasteiger partial charge on any atom is -0.359 e. The molecule has 1 aliphatic heterocycles. The summed E-state index contributed by atoms with van der Waals surface area (Å²) in [6.45, 7) is 3.00. The molecule has 0 bridgehead atoms. The van der Waals surface area contributed by atoms with Gasteiger partial charge in [-0.25, -0.2) is 4.98 Å². The van der Waals surface area contributed by atoms with Gasteiger partial charge in [-0.1, -0.05) is 43.2 Å². The zero-order valence-electron chi connectivity index (χ0n) is 16.7. The summed E-state index contributed by atoms with van der Waals surface area (Å²) in [6.07, 6.45) is 7.55. The molecular formula is C21H29N7. The fraction of sp³-hybridized carbons (Fsp3) is 0.476. The summed E-state index contributed by atoms with van der Waals surface area (Å²) in [5.74, 6) is 1.71. The minimum atomic E-state index is 0.428. The Hall–Kier alpha value is -2.51. The molecule has 7 nitrogen and oxygen atoms in total. The number of hydrogen-bond acceptors (Lipinski definition) is 6. The van der Waals surface area contributed by atoms with E-state index >= 15 is 0 Å². The van der Waals surface area contributed by atoms with Crippen LogP contribution in [-0.4, -0.2) is 39.2 Å². The smallest absolute Gasteiger partial charge is 0.254 e. The number of hydrogen-bond donors (Lipinski definition) is 2. The van der Waals surface area contributed by atoms with E-state index in [9.17, 15) is 0 Å². The van der Waals surface area contributed by atoms with Crippen molar-refractivity contribution in [3.8, 4) is 0 Å². The highest BCUT2D eigenvalue weighted by atomic mass is 15.4. The van der Waals surface area contributed by atoms with Crippen LogP contribution in [0.15, 0.2) is 42.7 Å². The molecule has 0 radical (unpaired) electrons. The van der Waals surface area contributed by atoms with Crippen molar-refractivity contribution in [2.45, 2.75) is 51.1 Å². The van der Waals surface area contributed by atoms with Gasteiger partial charge in [0.05, 0.1) is 0 Å². The molecule has 0 aliphatic carbocycles. The lowest BCUT2D eigenvalue weighted by atomic mass is 9.99. The molecule has 2 aromatic heterocycles. The van der Waals surface area contributed by atoms with Crippen LogP contribution in [0.5, 0.6) is 0 Å². The van der Waals surface area contributed by atoms with E-state index in [1.54, 1.807) is 6.33 Å². The van der Waals surface area contributed by atoms with Gasteiger partial charge in [0.25, 0.3) is 5.78 Å². The zero-order valence-corrected chi connectivity index (χ0v) is 16.7. The topological polar surface area (TPSA) is 70.4 Å². The van der Waals surface area contributed by atoms with Crippen molar-refractivity contribution in [2.24, 2.45) is 0 Å².